The first-order valence-electron chi connectivity index (χ1n) is 6.93. The molecule has 1 saturated carbocycles. The first-order chi connectivity index (χ1) is 9.79. The molecule has 1 aliphatic rings. The largest absolute Gasteiger partial charge is 0.492 e. The van der Waals surface area contributed by atoms with Crippen molar-refractivity contribution in [1.29, 1.82) is 0 Å². The van der Waals surface area contributed by atoms with Crippen molar-refractivity contribution in [2.75, 3.05) is 6.61 Å². The molecule has 2 aromatic rings. The number of benzene rings is 1. The first kappa shape index (κ1) is 13.6. The average Bonchev–Trinajstić information content (AvgIpc) is 3.18. The van der Waals surface area contributed by atoms with Crippen molar-refractivity contribution < 1.29 is 4.74 Å². The van der Waals surface area contributed by atoms with E-state index in [9.17, 15) is 0 Å². The summed E-state index contributed by atoms with van der Waals surface area (Å²) in [6.45, 7) is 2.30. The van der Waals surface area contributed by atoms with Gasteiger partial charge < -0.3 is 10.1 Å². The Morgan fingerprint density at radius 2 is 2.10 bits per heavy atom. The van der Waals surface area contributed by atoms with Gasteiger partial charge in [-0.1, -0.05) is 15.9 Å². The van der Waals surface area contributed by atoms with Crippen LogP contribution in [0.3, 0.4) is 0 Å². The highest BCUT2D eigenvalue weighted by Crippen LogP contribution is 2.19. The van der Waals surface area contributed by atoms with Crippen molar-refractivity contribution >= 4 is 15.9 Å². The number of nitrogens with zero attached hydrogens (tertiary/aromatic N) is 2. The molecule has 106 valence electrons. The SMILES string of the molecule is Brc1ccc(OCCn2cc(CNC3CC3)cn2)cc1. The van der Waals surface area contributed by atoms with Crippen LogP contribution in [0.5, 0.6) is 5.75 Å². The summed E-state index contributed by atoms with van der Waals surface area (Å²) in [5.74, 6) is 0.885. The summed E-state index contributed by atoms with van der Waals surface area (Å²) in [4.78, 5) is 0. The maximum absolute atomic E-state index is 5.69. The van der Waals surface area contributed by atoms with Crippen LogP contribution in [0.25, 0.3) is 0 Å². The number of halogens is 1. The highest BCUT2D eigenvalue weighted by Gasteiger charge is 2.20. The molecule has 0 radical (unpaired) electrons. The number of ether oxygens (including phenoxy) is 1. The minimum absolute atomic E-state index is 0.624. The van der Waals surface area contributed by atoms with Gasteiger partial charge in [0, 0.05) is 28.8 Å². The van der Waals surface area contributed by atoms with E-state index in [1.165, 1.54) is 18.4 Å². The van der Waals surface area contributed by atoms with Gasteiger partial charge >= 0.3 is 0 Å². The van der Waals surface area contributed by atoms with Gasteiger partial charge in [-0.05, 0) is 37.1 Å². The molecule has 0 atom stereocenters. The minimum Gasteiger partial charge on any atom is -0.492 e. The molecule has 1 heterocycles. The molecule has 0 spiro atoms. The van der Waals surface area contributed by atoms with Gasteiger partial charge in [0.15, 0.2) is 0 Å². The van der Waals surface area contributed by atoms with Gasteiger partial charge in [0.1, 0.15) is 12.4 Å². The molecule has 5 heteroatoms. The lowest BCUT2D eigenvalue weighted by molar-refractivity contribution is 0.291. The van der Waals surface area contributed by atoms with E-state index < -0.39 is 0 Å². The second kappa shape index (κ2) is 6.41. The van der Waals surface area contributed by atoms with Crippen LogP contribution in [0.15, 0.2) is 41.1 Å². The summed E-state index contributed by atoms with van der Waals surface area (Å²) in [5, 5.41) is 7.83. The Kier molecular flexibility index (Phi) is 4.38. The molecule has 0 aliphatic heterocycles. The number of hydrogen-bond donors (Lipinski definition) is 1. The summed E-state index contributed by atoms with van der Waals surface area (Å²) in [6.07, 6.45) is 6.64. The molecule has 0 unspecified atom stereocenters. The molecule has 4 nitrogen and oxygen atoms in total. The van der Waals surface area contributed by atoms with Gasteiger partial charge in [0.25, 0.3) is 0 Å². The van der Waals surface area contributed by atoms with Crippen molar-refractivity contribution in [3.63, 3.8) is 0 Å². The topological polar surface area (TPSA) is 39.1 Å². The van der Waals surface area contributed by atoms with Crippen LogP contribution < -0.4 is 10.1 Å². The van der Waals surface area contributed by atoms with Crippen LogP contribution in [-0.4, -0.2) is 22.4 Å². The highest BCUT2D eigenvalue weighted by molar-refractivity contribution is 9.10. The van der Waals surface area contributed by atoms with E-state index in [-0.39, 0.29) is 0 Å². The number of hydrogen-bond acceptors (Lipinski definition) is 3. The van der Waals surface area contributed by atoms with E-state index in [4.69, 9.17) is 4.74 Å². The van der Waals surface area contributed by atoms with Crippen molar-refractivity contribution in [3.05, 3.63) is 46.7 Å². The fourth-order valence-electron chi connectivity index (χ4n) is 1.96. The van der Waals surface area contributed by atoms with Crippen LogP contribution in [0.4, 0.5) is 0 Å². The van der Waals surface area contributed by atoms with E-state index in [2.05, 4.69) is 32.5 Å². The Hall–Kier alpha value is -1.33. The third-order valence-corrected chi connectivity index (χ3v) is 3.79. The van der Waals surface area contributed by atoms with Crippen molar-refractivity contribution in [1.82, 2.24) is 15.1 Å². The molecule has 3 rings (SSSR count). The Bertz CT molecular complexity index is 549. The van der Waals surface area contributed by atoms with Gasteiger partial charge in [-0.3, -0.25) is 4.68 Å². The third-order valence-electron chi connectivity index (χ3n) is 3.26. The molecule has 1 fully saturated rings. The maximum atomic E-state index is 5.69. The zero-order chi connectivity index (χ0) is 13.8. The van der Waals surface area contributed by atoms with E-state index in [1.807, 2.05) is 35.1 Å². The van der Waals surface area contributed by atoms with Gasteiger partial charge in [-0.15, -0.1) is 0 Å². The third kappa shape index (κ3) is 4.08. The molecule has 0 saturated heterocycles. The molecular weight excluding hydrogens is 318 g/mol. The van der Waals surface area contributed by atoms with Crippen LogP contribution in [-0.2, 0) is 13.1 Å². The Morgan fingerprint density at radius 3 is 2.85 bits per heavy atom. The van der Waals surface area contributed by atoms with Crippen molar-refractivity contribution in [2.24, 2.45) is 0 Å². The predicted molar refractivity (Wildman–Crippen MR) is 81.7 cm³/mol. The van der Waals surface area contributed by atoms with Gasteiger partial charge in [-0.2, -0.15) is 5.10 Å². The molecule has 20 heavy (non-hydrogen) atoms. The van der Waals surface area contributed by atoms with Crippen molar-refractivity contribution in [3.8, 4) is 5.75 Å². The molecule has 1 aromatic heterocycles. The molecule has 0 amide bonds. The Labute approximate surface area is 127 Å². The monoisotopic (exact) mass is 335 g/mol. The number of rotatable bonds is 7. The van der Waals surface area contributed by atoms with Crippen LogP contribution in [0.1, 0.15) is 18.4 Å². The Morgan fingerprint density at radius 1 is 1.30 bits per heavy atom. The second-order valence-corrected chi connectivity index (χ2v) is 5.98. The summed E-state index contributed by atoms with van der Waals surface area (Å²) in [6, 6.07) is 8.60. The van der Waals surface area contributed by atoms with E-state index in [1.54, 1.807) is 0 Å². The molecular formula is C15H18BrN3O. The van der Waals surface area contributed by atoms with Gasteiger partial charge in [-0.25, -0.2) is 0 Å². The number of nitrogens with one attached hydrogen (secondary N) is 1. The highest BCUT2D eigenvalue weighted by atomic mass is 79.9. The maximum Gasteiger partial charge on any atom is 0.119 e. The lowest BCUT2D eigenvalue weighted by atomic mass is 10.3. The fourth-order valence-corrected chi connectivity index (χ4v) is 2.22. The predicted octanol–water partition coefficient (Wildman–Crippen LogP) is 2.98. The molecule has 1 N–H and O–H groups in total. The second-order valence-electron chi connectivity index (χ2n) is 5.07. The quantitative estimate of drug-likeness (QED) is 0.845. The summed E-state index contributed by atoms with van der Waals surface area (Å²) in [7, 11) is 0. The van der Waals surface area contributed by atoms with Crippen molar-refractivity contribution in [2.45, 2.75) is 32.0 Å². The normalized spacial score (nSPS) is 14.4. The van der Waals surface area contributed by atoms with Crippen LogP contribution >= 0.6 is 15.9 Å². The molecule has 1 aromatic carbocycles. The molecule has 0 bridgehead atoms. The zero-order valence-electron chi connectivity index (χ0n) is 11.3. The standard InChI is InChI=1S/C15H18BrN3O/c16-13-1-5-15(6-2-13)20-8-7-19-11-12(10-18-19)9-17-14-3-4-14/h1-2,5-6,10-11,14,17H,3-4,7-9H2. The summed E-state index contributed by atoms with van der Waals surface area (Å²) < 4.78 is 8.68. The Balaban J connectivity index is 1.42. The average molecular weight is 336 g/mol. The minimum atomic E-state index is 0.624. The van der Waals surface area contributed by atoms with Gasteiger partial charge in [0.2, 0.25) is 0 Å². The first-order valence-corrected chi connectivity index (χ1v) is 7.72. The molecule has 1 aliphatic carbocycles. The van der Waals surface area contributed by atoms with E-state index in [0.29, 0.717) is 6.61 Å². The number of aromatic nitrogens is 2. The smallest absolute Gasteiger partial charge is 0.119 e. The van der Waals surface area contributed by atoms with E-state index in [0.717, 1.165) is 29.4 Å². The van der Waals surface area contributed by atoms with Crippen LogP contribution in [0.2, 0.25) is 0 Å². The van der Waals surface area contributed by atoms with Gasteiger partial charge in [0.05, 0.1) is 12.7 Å². The lowest BCUT2D eigenvalue weighted by Gasteiger charge is -2.06. The summed E-state index contributed by atoms with van der Waals surface area (Å²) >= 11 is 3.41. The zero-order valence-corrected chi connectivity index (χ0v) is 12.8. The van der Waals surface area contributed by atoms with Crippen LogP contribution in [0, 0.1) is 0 Å². The fraction of sp³-hybridized carbons (Fsp3) is 0.400. The van der Waals surface area contributed by atoms with E-state index >= 15 is 0 Å². The summed E-state index contributed by atoms with van der Waals surface area (Å²) in [5.41, 5.74) is 1.24. The lowest BCUT2D eigenvalue weighted by Crippen LogP contribution is -2.14.